The van der Waals surface area contributed by atoms with Crippen molar-refractivity contribution in [3.63, 3.8) is 0 Å². The van der Waals surface area contributed by atoms with Crippen LogP contribution in [0.4, 0.5) is 0 Å². The zero-order chi connectivity index (χ0) is 19.7. The topological polar surface area (TPSA) is 80.8 Å². The van der Waals surface area contributed by atoms with Crippen molar-refractivity contribution in [2.75, 3.05) is 0 Å². The van der Waals surface area contributed by atoms with Gasteiger partial charge in [-0.15, -0.1) is 11.3 Å². The Morgan fingerprint density at radius 1 is 1.25 bits per heavy atom. The van der Waals surface area contributed by atoms with Gasteiger partial charge in [-0.3, -0.25) is 0 Å². The number of carbonyl (C=O) groups is 1. The number of ether oxygens (including phenoxy) is 1. The Bertz CT molecular complexity index is 1190. The molecule has 0 aliphatic carbocycles. The van der Waals surface area contributed by atoms with E-state index in [-0.39, 0.29) is 0 Å². The molecule has 0 radical (unpaired) electrons. The van der Waals surface area contributed by atoms with Crippen LogP contribution in [-0.2, 0) is 4.74 Å². The molecule has 0 unspecified atom stereocenters. The fraction of sp³-hybridized carbons (Fsp3) is 0.143. The lowest BCUT2D eigenvalue weighted by atomic mass is 10.1. The molecule has 0 amide bonds. The highest BCUT2D eigenvalue weighted by Gasteiger charge is 2.23. The summed E-state index contributed by atoms with van der Waals surface area (Å²) < 4.78 is 7.00. The summed E-state index contributed by atoms with van der Waals surface area (Å²) in [6.07, 6.45) is -0.842. The summed E-state index contributed by atoms with van der Waals surface area (Å²) >= 11 is 1.54. The smallest absolute Gasteiger partial charge is 0.340 e. The predicted octanol–water partition coefficient (Wildman–Crippen LogP) is 4.53. The normalized spacial score (nSPS) is 11.9. The number of esters is 1. The van der Waals surface area contributed by atoms with Gasteiger partial charge < -0.3 is 4.74 Å². The van der Waals surface area contributed by atoms with E-state index in [1.54, 1.807) is 10.7 Å². The third-order valence-corrected chi connectivity index (χ3v) is 5.17. The van der Waals surface area contributed by atoms with Crippen LogP contribution in [0.1, 0.15) is 23.0 Å². The van der Waals surface area contributed by atoms with Crippen LogP contribution in [0.3, 0.4) is 0 Å². The molecule has 1 aromatic carbocycles. The van der Waals surface area contributed by atoms with Crippen molar-refractivity contribution in [2.45, 2.75) is 20.0 Å². The lowest BCUT2D eigenvalue weighted by Gasteiger charge is -2.09. The van der Waals surface area contributed by atoms with Crippen molar-refractivity contribution in [2.24, 2.45) is 0 Å². The number of thiophene rings is 1. The molecule has 0 aliphatic heterocycles. The van der Waals surface area contributed by atoms with Crippen LogP contribution in [0.25, 0.3) is 27.3 Å². The lowest BCUT2D eigenvalue weighted by molar-refractivity contribution is 0.0437. The number of nitriles is 1. The molecule has 3 aromatic heterocycles. The Labute approximate surface area is 165 Å². The Hall–Kier alpha value is -3.50. The third kappa shape index (κ3) is 3.15. The molecule has 0 saturated carbocycles. The molecule has 0 fully saturated rings. The van der Waals surface area contributed by atoms with E-state index in [9.17, 15) is 4.79 Å². The van der Waals surface area contributed by atoms with Gasteiger partial charge in [-0.05, 0) is 43.5 Å². The van der Waals surface area contributed by atoms with E-state index in [2.05, 4.69) is 5.10 Å². The van der Waals surface area contributed by atoms with Gasteiger partial charge in [0.05, 0.1) is 32.9 Å². The number of benzene rings is 1. The molecule has 28 heavy (non-hydrogen) atoms. The lowest BCUT2D eigenvalue weighted by Crippen LogP contribution is -2.14. The van der Waals surface area contributed by atoms with Gasteiger partial charge in [0, 0.05) is 0 Å². The van der Waals surface area contributed by atoms with Crippen molar-refractivity contribution in [1.29, 1.82) is 5.26 Å². The Morgan fingerprint density at radius 3 is 2.71 bits per heavy atom. The zero-order valence-corrected chi connectivity index (χ0v) is 16.1. The van der Waals surface area contributed by atoms with Crippen molar-refractivity contribution in [3.8, 4) is 22.3 Å². The van der Waals surface area contributed by atoms with Crippen LogP contribution in [0, 0.1) is 18.3 Å². The monoisotopic (exact) mass is 388 g/mol. The number of rotatable bonds is 4. The van der Waals surface area contributed by atoms with E-state index in [0.29, 0.717) is 28.0 Å². The molecule has 4 aromatic rings. The Balaban J connectivity index is 1.98. The second-order valence-corrected chi connectivity index (χ2v) is 7.19. The van der Waals surface area contributed by atoms with Gasteiger partial charge in [-0.25, -0.2) is 14.5 Å². The maximum Gasteiger partial charge on any atom is 0.340 e. The van der Waals surface area contributed by atoms with E-state index < -0.39 is 12.1 Å². The summed E-state index contributed by atoms with van der Waals surface area (Å²) in [5.74, 6) is -0.560. The summed E-state index contributed by atoms with van der Waals surface area (Å²) in [5, 5.41) is 16.2. The number of aromatic nitrogens is 3. The second kappa shape index (κ2) is 7.25. The van der Waals surface area contributed by atoms with Gasteiger partial charge in [0.1, 0.15) is 6.07 Å². The predicted molar refractivity (Wildman–Crippen MR) is 107 cm³/mol. The molecule has 138 valence electrons. The first-order valence-corrected chi connectivity index (χ1v) is 9.56. The molecular formula is C21H16N4O2S. The van der Waals surface area contributed by atoms with Crippen LogP contribution in [0.2, 0.25) is 0 Å². The van der Waals surface area contributed by atoms with Crippen LogP contribution < -0.4 is 0 Å². The van der Waals surface area contributed by atoms with E-state index >= 15 is 0 Å². The molecular weight excluding hydrogens is 372 g/mol. The van der Waals surface area contributed by atoms with Crippen LogP contribution >= 0.6 is 11.3 Å². The summed E-state index contributed by atoms with van der Waals surface area (Å²) in [5.41, 5.74) is 3.11. The zero-order valence-electron chi connectivity index (χ0n) is 15.3. The molecule has 1 atom stereocenters. The van der Waals surface area contributed by atoms with Crippen LogP contribution in [0.5, 0.6) is 0 Å². The van der Waals surface area contributed by atoms with Gasteiger partial charge >= 0.3 is 5.97 Å². The molecule has 0 N–H and O–H groups in total. The fourth-order valence-electron chi connectivity index (χ4n) is 3.00. The number of fused-ring (bicyclic) bond motifs is 1. The van der Waals surface area contributed by atoms with Gasteiger partial charge in [0.2, 0.25) is 0 Å². The molecule has 0 spiro atoms. The minimum absolute atomic E-state index is 0.357. The highest BCUT2D eigenvalue weighted by molar-refractivity contribution is 7.13. The molecule has 0 aliphatic rings. The van der Waals surface area contributed by atoms with Crippen molar-refractivity contribution in [1.82, 2.24) is 14.8 Å². The molecule has 3 heterocycles. The molecule has 6 nitrogen and oxygen atoms in total. The number of carbonyl (C=O) groups excluding carboxylic acids is 1. The van der Waals surface area contributed by atoms with Gasteiger partial charge in [0.25, 0.3) is 0 Å². The standard InChI is InChI=1S/C21H16N4O2S/c1-13(12-22)27-21(26)16-11-17(18-9-6-10-28-18)23-20-19(16)14(2)24-25(20)15-7-4-3-5-8-15/h3-11,13H,1-2H3/t13-/m0/s1. The van der Waals surface area contributed by atoms with Crippen molar-refractivity contribution < 1.29 is 9.53 Å². The molecule has 4 rings (SSSR count). The maximum atomic E-state index is 12.8. The number of hydrogen-bond donors (Lipinski definition) is 0. The summed E-state index contributed by atoms with van der Waals surface area (Å²) in [6.45, 7) is 3.37. The average molecular weight is 388 g/mol. The Kier molecular flexibility index (Phi) is 4.63. The molecule has 7 heteroatoms. The Morgan fingerprint density at radius 2 is 2.04 bits per heavy atom. The number of aryl methyl sites for hydroxylation is 1. The molecule has 0 bridgehead atoms. The highest BCUT2D eigenvalue weighted by Crippen LogP contribution is 2.31. The molecule has 0 saturated heterocycles. The maximum absolute atomic E-state index is 12.8. The number of hydrogen-bond acceptors (Lipinski definition) is 6. The first-order chi connectivity index (χ1) is 13.6. The quantitative estimate of drug-likeness (QED) is 0.480. The number of para-hydroxylation sites is 1. The van der Waals surface area contributed by atoms with Crippen LogP contribution in [0.15, 0.2) is 53.9 Å². The minimum atomic E-state index is -0.842. The van der Waals surface area contributed by atoms with Gasteiger partial charge in [-0.1, -0.05) is 24.3 Å². The minimum Gasteiger partial charge on any atom is -0.444 e. The van der Waals surface area contributed by atoms with E-state index in [1.807, 2.05) is 60.8 Å². The first kappa shape index (κ1) is 17.9. The van der Waals surface area contributed by atoms with Crippen LogP contribution in [-0.4, -0.2) is 26.8 Å². The second-order valence-electron chi connectivity index (χ2n) is 6.24. The van der Waals surface area contributed by atoms with E-state index in [4.69, 9.17) is 15.0 Å². The van der Waals surface area contributed by atoms with E-state index in [0.717, 1.165) is 10.6 Å². The third-order valence-electron chi connectivity index (χ3n) is 4.27. The van der Waals surface area contributed by atoms with Gasteiger partial charge in [0.15, 0.2) is 11.8 Å². The SMILES string of the molecule is Cc1nn(-c2ccccc2)c2nc(-c3cccs3)cc(C(=O)O[C@@H](C)C#N)c12. The summed E-state index contributed by atoms with van der Waals surface area (Å²) in [7, 11) is 0. The number of nitrogens with zero attached hydrogens (tertiary/aromatic N) is 4. The number of pyridine rings is 1. The van der Waals surface area contributed by atoms with Gasteiger partial charge in [-0.2, -0.15) is 10.4 Å². The van der Waals surface area contributed by atoms with E-state index in [1.165, 1.54) is 18.3 Å². The highest BCUT2D eigenvalue weighted by atomic mass is 32.1. The van der Waals surface area contributed by atoms with Crippen molar-refractivity contribution in [3.05, 3.63) is 65.2 Å². The van der Waals surface area contributed by atoms with Crippen molar-refractivity contribution >= 4 is 28.3 Å². The average Bonchev–Trinajstić information content (AvgIpc) is 3.36. The fourth-order valence-corrected chi connectivity index (χ4v) is 3.69. The largest absolute Gasteiger partial charge is 0.444 e. The first-order valence-electron chi connectivity index (χ1n) is 8.68. The summed E-state index contributed by atoms with van der Waals surface area (Å²) in [4.78, 5) is 18.5. The summed E-state index contributed by atoms with van der Waals surface area (Å²) in [6, 6.07) is 17.2.